The van der Waals surface area contributed by atoms with E-state index in [4.69, 9.17) is 4.74 Å². The summed E-state index contributed by atoms with van der Waals surface area (Å²) in [5.74, 6) is 0.833. The molecule has 1 aromatic rings. The van der Waals surface area contributed by atoms with Crippen LogP contribution in [0.4, 0.5) is 10.5 Å². The highest BCUT2D eigenvalue weighted by Crippen LogP contribution is 2.33. The lowest BCUT2D eigenvalue weighted by atomic mass is 9.76. The van der Waals surface area contributed by atoms with Crippen LogP contribution in [0.5, 0.6) is 0 Å². The highest BCUT2D eigenvalue weighted by molar-refractivity contribution is 5.81. The van der Waals surface area contributed by atoms with Crippen LogP contribution in [-0.2, 0) is 20.7 Å². The molecule has 2 rings (SSSR count). The number of nitrogens with zero attached hydrogens (tertiary/aromatic N) is 2. The first-order valence-electron chi connectivity index (χ1n) is 13.7. The SMILES string of the molecule is CCCC(=O)CCC(C(C)=O)C(C)C(C)Cc1c(C)cccc1N1CCN(C(=O)OC(C)(C)C)CC1. The van der Waals surface area contributed by atoms with Gasteiger partial charge in [0.05, 0.1) is 0 Å². The maximum absolute atomic E-state index is 12.5. The minimum absolute atomic E-state index is 0.0920. The van der Waals surface area contributed by atoms with Crippen LogP contribution in [-0.4, -0.2) is 54.3 Å². The van der Waals surface area contributed by atoms with Gasteiger partial charge in [0.2, 0.25) is 0 Å². The summed E-state index contributed by atoms with van der Waals surface area (Å²) in [6.45, 7) is 18.7. The molecule has 1 aliphatic heterocycles. The van der Waals surface area contributed by atoms with E-state index in [1.807, 2.05) is 27.7 Å². The molecule has 1 aliphatic rings. The number of piperazine rings is 1. The number of ketones is 2. The normalized spacial score (nSPS) is 16.9. The summed E-state index contributed by atoms with van der Waals surface area (Å²) in [4.78, 5) is 41.3. The van der Waals surface area contributed by atoms with Gasteiger partial charge in [-0.3, -0.25) is 9.59 Å². The summed E-state index contributed by atoms with van der Waals surface area (Å²) in [6.07, 6.45) is 3.23. The molecular weight excluding hydrogens is 452 g/mol. The lowest BCUT2D eigenvalue weighted by molar-refractivity contribution is -0.124. The quantitative estimate of drug-likeness (QED) is 0.361. The Morgan fingerprint density at radius 3 is 2.22 bits per heavy atom. The molecule has 1 saturated heterocycles. The molecule has 6 heteroatoms. The second-order valence-corrected chi connectivity index (χ2v) is 11.6. The van der Waals surface area contributed by atoms with Crippen molar-refractivity contribution in [2.24, 2.45) is 17.8 Å². The lowest BCUT2D eigenvalue weighted by Gasteiger charge is -2.38. The zero-order chi connectivity index (χ0) is 27.0. The number of benzene rings is 1. The average Bonchev–Trinajstić information content (AvgIpc) is 2.79. The molecule has 0 bridgehead atoms. The van der Waals surface area contributed by atoms with E-state index in [1.54, 1.807) is 11.8 Å². The van der Waals surface area contributed by atoms with Crippen molar-refractivity contribution < 1.29 is 19.1 Å². The predicted molar refractivity (Wildman–Crippen MR) is 147 cm³/mol. The number of ether oxygens (including phenoxy) is 1. The summed E-state index contributed by atoms with van der Waals surface area (Å²) in [6, 6.07) is 6.42. The Kier molecular flexibility index (Phi) is 11.0. The highest BCUT2D eigenvalue weighted by Gasteiger charge is 2.30. The largest absolute Gasteiger partial charge is 0.444 e. The fourth-order valence-electron chi connectivity index (χ4n) is 5.17. The van der Waals surface area contributed by atoms with Crippen molar-refractivity contribution in [2.45, 2.75) is 93.1 Å². The summed E-state index contributed by atoms with van der Waals surface area (Å²) in [7, 11) is 0. The van der Waals surface area contributed by atoms with E-state index in [1.165, 1.54) is 16.8 Å². The molecule has 1 aromatic carbocycles. The first kappa shape index (κ1) is 29.9. The van der Waals surface area contributed by atoms with Gasteiger partial charge in [0.25, 0.3) is 0 Å². The molecule has 202 valence electrons. The standard InChI is InChI=1S/C30H48N2O4/c1-9-11-25(34)14-15-26(24(5)33)23(4)22(3)20-27-21(2)12-10-13-28(27)31-16-18-32(19-17-31)29(35)36-30(6,7)8/h10,12-13,22-23,26H,9,11,14-20H2,1-8H3. The van der Waals surface area contributed by atoms with E-state index in [0.717, 1.165) is 25.9 Å². The van der Waals surface area contributed by atoms with Gasteiger partial charge in [-0.1, -0.05) is 32.9 Å². The monoisotopic (exact) mass is 500 g/mol. The molecule has 0 aromatic heterocycles. The number of hydrogen-bond acceptors (Lipinski definition) is 5. The van der Waals surface area contributed by atoms with Gasteiger partial charge in [0, 0.05) is 50.6 Å². The fourth-order valence-corrected chi connectivity index (χ4v) is 5.17. The predicted octanol–water partition coefficient (Wildman–Crippen LogP) is 6.22. The maximum Gasteiger partial charge on any atom is 0.410 e. The summed E-state index contributed by atoms with van der Waals surface area (Å²) in [5, 5.41) is 0. The van der Waals surface area contributed by atoms with E-state index in [2.05, 4.69) is 43.9 Å². The van der Waals surface area contributed by atoms with Gasteiger partial charge < -0.3 is 14.5 Å². The van der Waals surface area contributed by atoms with Crippen molar-refractivity contribution in [2.75, 3.05) is 31.1 Å². The van der Waals surface area contributed by atoms with Crippen LogP contribution in [0.1, 0.15) is 85.3 Å². The zero-order valence-corrected chi connectivity index (χ0v) is 23.9. The van der Waals surface area contributed by atoms with E-state index in [9.17, 15) is 14.4 Å². The molecule has 6 nitrogen and oxygen atoms in total. The Morgan fingerprint density at radius 2 is 1.67 bits per heavy atom. The molecular formula is C30H48N2O4. The Labute approximate surface area is 218 Å². The van der Waals surface area contributed by atoms with Crippen molar-refractivity contribution >= 4 is 23.3 Å². The van der Waals surface area contributed by atoms with Crippen molar-refractivity contribution in [1.82, 2.24) is 4.90 Å². The molecule has 0 radical (unpaired) electrons. The summed E-state index contributed by atoms with van der Waals surface area (Å²) in [5.41, 5.74) is 3.28. The van der Waals surface area contributed by atoms with E-state index >= 15 is 0 Å². The van der Waals surface area contributed by atoms with Crippen LogP contribution in [0.15, 0.2) is 18.2 Å². The zero-order valence-electron chi connectivity index (χ0n) is 23.9. The van der Waals surface area contributed by atoms with Crippen molar-refractivity contribution in [3.05, 3.63) is 29.3 Å². The van der Waals surface area contributed by atoms with E-state index in [0.29, 0.717) is 38.3 Å². The second-order valence-electron chi connectivity index (χ2n) is 11.6. The van der Waals surface area contributed by atoms with Crippen molar-refractivity contribution in [3.8, 4) is 0 Å². The maximum atomic E-state index is 12.5. The van der Waals surface area contributed by atoms with Crippen LogP contribution in [0.25, 0.3) is 0 Å². The van der Waals surface area contributed by atoms with Gasteiger partial charge in [-0.25, -0.2) is 4.79 Å². The number of carbonyl (C=O) groups excluding carboxylic acids is 3. The number of amides is 1. The molecule has 0 saturated carbocycles. The third kappa shape index (κ3) is 8.63. The Hall–Kier alpha value is -2.37. The molecule has 3 unspecified atom stereocenters. The van der Waals surface area contributed by atoms with Crippen LogP contribution < -0.4 is 4.90 Å². The number of anilines is 1. The topological polar surface area (TPSA) is 66.9 Å². The Morgan fingerprint density at radius 1 is 1.03 bits per heavy atom. The molecule has 1 amide bonds. The lowest BCUT2D eigenvalue weighted by Crippen LogP contribution is -2.50. The third-order valence-corrected chi connectivity index (χ3v) is 7.50. The number of carbonyl (C=O) groups is 3. The number of aryl methyl sites for hydroxylation is 1. The molecule has 36 heavy (non-hydrogen) atoms. The first-order valence-corrected chi connectivity index (χ1v) is 13.7. The molecule has 1 fully saturated rings. The number of hydrogen-bond donors (Lipinski definition) is 0. The van der Waals surface area contributed by atoms with Gasteiger partial charge in [-0.05, 0) is 82.9 Å². The van der Waals surface area contributed by atoms with Crippen molar-refractivity contribution in [3.63, 3.8) is 0 Å². The van der Waals surface area contributed by atoms with Crippen molar-refractivity contribution in [1.29, 1.82) is 0 Å². The van der Waals surface area contributed by atoms with Crippen LogP contribution in [0.3, 0.4) is 0 Å². The summed E-state index contributed by atoms with van der Waals surface area (Å²) >= 11 is 0. The minimum atomic E-state index is -0.494. The highest BCUT2D eigenvalue weighted by atomic mass is 16.6. The first-order chi connectivity index (χ1) is 16.8. The number of Topliss-reactive ketones (excluding diaryl/α,β-unsaturated/α-hetero) is 2. The molecule has 0 spiro atoms. The van der Waals surface area contributed by atoms with Gasteiger partial charge in [0.15, 0.2) is 0 Å². The molecule has 0 aliphatic carbocycles. The van der Waals surface area contributed by atoms with E-state index < -0.39 is 5.60 Å². The molecule has 3 atom stereocenters. The Bertz CT molecular complexity index is 897. The Balaban J connectivity index is 2.10. The fraction of sp³-hybridized carbons (Fsp3) is 0.700. The smallest absolute Gasteiger partial charge is 0.410 e. The molecule has 0 N–H and O–H groups in total. The van der Waals surface area contributed by atoms with Crippen LogP contribution in [0.2, 0.25) is 0 Å². The third-order valence-electron chi connectivity index (χ3n) is 7.50. The van der Waals surface area contributed by atoms with E-state index in [-0.39, 0.29) is 29.5 Å². The van der Waals surface area contributed by atoms with Gasteiger partial charge in [-0.15, -0.1) is 0 Å². The molecule has 1 heterocycles. The van der Waals surface area contributed by atoms with Crippen LogP contribution >= 0.6 is 0 Å². The second kappa shape index (κ2) is 13.3. The van der Waals surface area contributed by atoms with Gasteiger partial charge in [0.1, 0.15) is 17.2 Å². The van der Waals surface area contributed by atoms with Gasteiger partial charge >= 0.3 is 6.09 Å². The summed E-state index contributed by atoms with van der Waals surface area (Å²) < 4.78 is 5.55. The van der Waals surface area contributed by atoms with Crippen LogP contribution in [0, 0.1) is 24.7 Å². The average molecular weight is 501 g/mol. The van der Waals surface area contributed by atoms with Gasteiger partial charge in [-0.2, -0.15) is 0 Å². The number of rotatable bonds is 11. The minimum Gasteiger partial charge on any atom is -0.444 e.